The predicted molar refractivity (Wildman–Crippen MR) is 59.0 cm³/mol. The van der Waals surface area contributed by atoms with Crippen LogP contribution in [0.5, 0.6) is 0 Å². The number of rotatable bonds is 2. The van der Waals surface area contributed by atoms with E-state index in [2.05, 4.69) is 0 Å². The highest BCUT2D eigenvalue weighted by Crippen LogP contribution is 2.24. The van der Waals surface area contributed by atoms with Crippen molar-refractivity contribution < 1.29 is 9.59 Å². The van der Waals surface area contributed by atoms with E-state index in [0.29, 0.717) is 11.8 Å². The Balaban J connectivity index is 3.35. The zero-order valence-electron chi connectivity index (χ0n) is 9.20. The molecule has 2 N–H and O–H groups in total. The second-order valence-corrected chi connectivity index (χ2v) is 4.53. The number of amides is 1. The van der Waals surface area contributed by atoms with Gasteiger partial charge in [0, 0.05) is 11.1 Å². The summed E-state index contributed by atoms with van der Waals surface area (Å²) in [5, 5.41) is 0. The summed E-state index contributed by atoms with van der Waals surface area (Å²) in [5.41, 5.74) is 6.76. The first kappa shape index (κ1) is 11.4. The third kappa shape index (κ3) is 2.43. The Bertz CT molecular complexity index is 403. The van der Waals surface area contributed by atoms with Crippen molar-refractivity contribution in [3.05, 3.63) is 34.9 Å². The average molecular weight is 205 g/mol. The van der Waals surface area contributed by atoms with Crippen molar-refractivity contribution in [2.45, 2.75) is 26.2 Å². The zero-order chi connectivity index (χ0) is 11.6. The van der Waals surface area contributed by atoms with Gasteiger partial charge in [-0.3, -0.25) is 9.59 Å². The van der Waals surface area contributed by atoms with Gasteiger partial charge in [-0.2, -0.15) is 0 Å². The van der Waals surface area contributed by atoms with E-state index in [9.17, 15) is 9.59 Å². The van der Waals surface area contributed by atoms with Gasteiger partial charge in [0.25, 0.3) is 0 Å². The Hall–Kier alpha value is -1.64. The molecule has 0 spiro atoms. The first-order chi connectivity index (χ1) is 6.86. The average Bonchev–Trinajstić information content (AvgIpc) is 2.15. The highest BCUT2D eigenvalue weighted by atomic mass is 16.1. The molecule has 1 aromatic carbocycles. The van der Waals surface area contributed by atoms with Crippen LogP contribution in [0.25, 0.3) is 0 Å². The van der Waals surface area contributed by atoms with E-state index < -0.39 is 5.91 Å². The van der Waals surface area contributed by atoms with Crippen LogP contribution < -0.4 is 5.73 Å². The molecule has 0 heterocycles. The molecule has 0 bridgehead atoms. The van der Waals surface area contributed by atoms with Crippen molar-refractivity contribution in [1.29, 1.82) is 0 Å². The van der Waals surface area contributed by atoms with Crippen LogP contribution in [0.1, 0.15) is 47.1 Å². The van der Waals surface area contributed by atoms with Gasteiger partial charge in [0.2, 0.25) is 5.91 Å². The fraction of sp³-hybridized carbons (Fsp3) is 0.333. The molecule has 80 valence electrons. The first-order valence-electron chi connectivity index (χ1n) is 4.76. The minimum absolute atomic E-state index is 0.0639. The fourth-order valence-electron chi connectivity index (χ4n) is 1.34. The van der Waals surface area contributed by atoms with E-state index in [1.165, 1.54) is 0 Å². The molecule has 0 fully saturated rings. The number of nitrogens with two attached hydrogens (primary N) is 1. The van der Waals surface area contributed by atoms with E-state index in [0.717, 1.165) is 5.56 Å². The lowest BCUT2D eigenvalue weighted by atomic mass is 9.85. The second-order valence-electron chi connectivity index (χ2n) is 4.53. The van der Waals surface area contributed by atoms with Crippen LogP contribution in [-0.2, 0) is 5.41 Å². The zero-order valence-corrected chi connectivity index (χ0v) is 9.20. The molecule has 1 amide bonds. The smallest absolute Gasteiger partial charge is 0.249 e. The molecule has 0 radical (unpaired) electrons. The Morgan fingerprint density at radius 2 is 1.93 bits per heavy atom. The van der Waals surface area contributed by atoms with Crippen LogP contribution in [-0.4, -0.2) is 12.2 Å². The van der Waals surface area contributed by atoms with Gasteiger partial charge in [-0.15, -0.1) is 0 Å². The summed E-state index contributed by atoms with van der Waals surface area (Å²) >= 11 is 0. The third-order valence-electron chi connectivity index (χ3n) is 2.31. The topological polar surface area (TPSA) is 60.2 Å². The molecule has 0 aliphatic carbocycles. The summed E-state index contributed by atoms with van der Waals surface area (Å²) < 4.78 is 0. The molecule has 3 nitrogen and oxygen atoms in total. The molecule has 1 aromatic rings. The highest BCUT2D eigenvalue weighted by Gasteiger charge is 2.17. The molecule has 0 aliphatic rings. The molecule has 0 saturated carbocycles. The summed E-state index contributed by atoms with van der Waals surface area (Å²) in [4.78, 5) is 21.8. The van der Waals surface area contributed by atoms with Gasteiger partial charge in [0.05, 0.1) is 0 Å². The molecule has 0 aromatic heterocycles. The molecular weight excluding hydrogens is 190 g/mol. The maximum atomic E-state index is 11.1. The normalized spacial score (nSPS) is 11.1. The van der Waals surface area contributed by atoms with Crippen molar-refractivity contribution in [3.63, 3.8) is 0 Å². The molecule has 1 rings (SSSR count). The first-order valence-corrected chi connectivity index (χ1v) is 4.76. The Morgan fingerprint density at radius 1 is 1.33 bits per heavy atom. The van der Waals surface area contributed by atoms with Crippen LogP contribution >= 0.6 is 0 Å². The SMILES string of the molecule is CC(C)(C)c1ccc(C=O)c(C(N)=O)c1. The van der Waals surface area contributed by atoms with Crippen molar-refractivity contribution >= 4 is 12.2 Å². The molecule has 0 saturated heterocycles. The van der Waals surface area contributed by atoms with Gasteiger partial charge >= 0.3 is 0 Å². The standard InChI is InChI=1S/C12H15NO2/c1-12(2,3)9-5-4-8(7-14)10(6-9)11(13)15/h4-7H,1-3H3,(H2,13,15). The van der Waals surface area contributed by atoms with Crippen LogP contribution in [0.4, 0.5) is 0 Å². The molecular formula is C12H15NO2. The summed E-state index contributed by atoms with van der Waals surface area (Å²) in [5.74, 6) is -0.566. The van der Waals surface area contributed by atoms with Gasteiger partial charge in [0.15, 0.2) is 6.29 Å². The van der Waals surface area contributed by atoms with Gasteiger partial charge < -0.3 is 5.73 Å². The third-order valence-corrected chi connectivity index (χ3v) is 2.31. The highest BCUT2D eigenvalue weighted by molar-refractivity contribution is 6.00. The maximum absolute atomic E-state index is 11.1. The van der Waals surface area contributed by atoms with Crippen molar-refractivity contribution in [3.8, 4) is 0 Å². The predicted octanol–water partition coefficient (Wildman–Crippen LogP) is 1.90. The summed E-state index contributed by atoms with van der Waals surface area (Å²) in [6.45, 7) is 6.11. The number of carbonyl (C=O) groups excluding carboxylic acids is 2. The van der Waals surface area contributed by atoms with Gasteiger partial charge in [-0.25, -0.2) is 0 Å². The lowest BCUT2D eigenvalue weighted by Gasteiger charge is -2.19. The lowest BCUT2D eigenvalue weighted by molar-refractivity contribution is 0.0993. The molecule has 0 atom stereocenters. The quantitative estimate of drug-likeness (QED) is 0.749. The number of carbonyl (C=O) groups is 2. The van der Waals surface area contributed by atoms with Gasteiger partial charge in [-0.1, -0.05) is 32.9 Å². The maximum Gasteiger partial charge on any atom is 0.249 e. The van der Waals surface area contributed by atoms with Crippen LogP contribution in [0.15, 0.2) is 18.2 Å². The largest absolute Gasteiger partial charge is 0.366 e. The Kier molecular flexibility index (Phi) is 2.93. The Labute approximate surface area is 89.3 Å². The Morgan fingerprint density at radius 3 is 2.33 bits per heavy atom. The number of aldehydes is 1. The minimum Gasteiger partial charge on any atom is -0.366 e. The monoisotopic (exact) mass is 205 g/mol. The van der Waals surface area contributed by atoms with E-state index in [-0.39, 0.29) is 11.0 Å². The fourth-order valence-corrected chi connectivity index (χ4v) is 1.34. The summed E-state index contributed by atoms with van der Waals surface area (Å²) in [6.07, 6.45) is 0.645. The number of primary amides is 1. The molecule has 3 heteroatoms. The van der Waals surface area contributed by atoms with E-state index in [1.807, 2.05) is 26.8 Å². The number of benzene rings is 1. The lowest BCUT2D eigenvalue weighted by Crippen LogP contribution is -2.17. The van der Waals surface area contributed by atoms with Crippen molar-refractivity contribution in [1.82, 2.24) is 0 Å². The number of hydrogen-bond donors (Lipinski definition) is 1. The van der Waals surface area contributed by atoms with Gasteiger partial charge in [0.1, 0.15) is 0 Å². The molecule has 15 heavy (non-hydrogen) atoms. The minimum atomic E-state index is -0.566. The van der Waals surface area contributed by atoms with Crippen LogP contribution in [0, 0.1) is 0 Å². The van der Waals surface area contributed by atoms with Crippen LogP contribution in [0.3, 0.4) is 0 Å². The van der Waals surface area contributed by atoms with E-state index in [4.69, 9.17) is 5.73 Å². The van der Waals surface area contributed by atoms with Gasteiger partial charge in [-0.05, 0) is 17.0 Å². The van der Waals surface area contributed by atoms with Crippen molar-refractivity contribution in [2.75, 3.05) is 0 Å². The summed E-state index contributed by atoms with van der Waals surface area (Å²) in [6, 6.07) is 5.16. The molecule has 0 aliphatic heterocycles. The van der Waals surface area contributed by atoms with Crippen LogP contribution in [0.2, 0.25) is 0 Å². The van der Waals surface area contributed by atoms with E-state index >= 15 is 0 Å². The molecule has 0 unspecified atom stereocenters. The van der Waals surface area contributed by atoms with E-state index in [1.54, 1.807) is 12.1 Å². The summed E-state index contributed by atoms with van der Waals surface area (Å²) in [7, 11) is 0. The van der Waals surface area contributed by atoms with Crippen molar-refractivity contribution in [2.24, 2.45) is 5.73 Å². The number of hydrogen-bond acceptors (Lipinski definition) is 2. The second kappa shape index (κ2) is 3.85.